The molecule has 0 heterocycles. The smallest absolute Gasteiger partial charge is 0.0147 e. The number of hydrogen-bond donors (Lipinski definition) is 0. The van der Waals surface area contributed by atoms with Crippen molar-refractivity contribution >= 4 is 35.1 Å². The van der Waals surface area contributed by atoms with Crippen molar-refractivity contribution < 1.29 is 49.0 Å². The van der Waals surface area contributed by atoms with Gasteiger partial charge < -0.3 is 24.8 Å². The van der Waals surface area contributed by atoms with Gasteiger partial charge in [0.15, 0.2) is 0 Å². The van der Waals surface area contributed by atoms with Gasteiger partial charge >= 0.3 is 141 Å². The summed E-state index contributed by atoms with van der Waals surface area (Å²) in [6.07, 6.45) is 17.9. The van der Waals surface area contributed by atoms with Gasteiger partial charge in [0, 0.05) is 0 Å². The molecule has 6 aromatic carbocycles. The summed E-state index contributed by atoms with van der Waals surface area (Å²) >= 11 is 8.56. The normalized spacial score (nSPS) is 12.7. The van der Waals surface area contributed by atoms with Gasteiger partial charge in [0.1, 0.15) is 0 Å². The standard InChI is InChI=1S/C35H37.C15H12Br2.C5H5.2ClH.Zr/c1-5-13-24(3)30-22-34-28(20-32(30)26-15-9-7-10-16-26)19-29-21-33(27-17-11-8-12-18-27)31(23-35(29)34)25(4)14-6-2;16-14-8-2-6-12(10-14)4-1-5-13-7-3-9-15(17)11-13;1-2-4-5-3-1;;;/h7-12,15-18,20,22-25H,5-6,13-14,19H2,1-4H3;2-3,6-11H,4-5H2;1-3H,4H2;2*1H;/q-1;;-1;;;+2/p-2. The molecule has 2 aliphatic carbocycles. The van der Waals surface area contributed by atoms with Gasteiger partial charge in [-0.15, -0.1) is 35.2 Å². The Bertz CT molecular complexity index is 2190. The zero-order valence-corrected chi connectivity index (χ0v) is 42.3. The molecule has 308 valence electrons. The van der Waals surface area contributed by atoms with Gasteiger partial charge in [-0.2, -0.15) is 6.08 Å². The number of rotatable bonds is 12. The Labute approximate surface area is 404 Å². The predicted molar refractivity (Wildman–Crippen MR) is 253 cm³/mol. The van der Waals surface area contributed by atoms with Crippen molar-refractivity contribution in [2.24, 2.45) is 0 Å². The second kappa shape index (κ2) is 25.3. The second-order valence-corrected chi connectivity index (χ2v) is 19.2. The molecule has 0 N–H and O–H groups in total. The zero-order chi connectivity index (χ0) is 40.9. The topological polar surface area (TPSA) is 0 Å². The summed E-state index contributed by atoms with van der Waals surface area (Å²) < 4.78 is 3.88. The van der Waals surface area contributed by atoms with E-state index in [0.29, 0.717) is 11.8 Å². The van der Waals surface area contributed by atoms with Crippen molar-refractivity contribution in [2.45, 2.75) is 90.9 Å². The van der Waals surface area contributed by atoms with E-state index in [9.17, 15) is 0 Å². The number of halogens is 4. The third-order valence-electron chi connectivity index (χ3n) is 11.0. The summed E-state index contributed by atoms with van der Waals surface area (Å²) in [5.74, 6) is 1.05. The van der Waals surface area contributed by atoms with Crippen LogP contribution in [0.4, 0.5) is 0 Å². The fourth-order valence-corrected chi connectivity index (χ4v) is 10.0. The van der Waals surface area contributed by atoms with Crippen LogP contribution in [-0.2, 0) is 43.5 Å². The third kappa shape index (κ3) is 13.8. The maximum atomic E-state index is 3.93. The largest absolute Gasteiger partial charge is 1.00 e. The number of hydrogen-bond acceptors (Lipinski definition) is 0. The Kier molecular flexibility index (Phi) is 20.9. The molecule has 0 spiro atoms. The van der Waals surface area contributed by atoms with Crippen molar-refractivity contribution in [1.29, 1.82) is 0 Å². The van der Waals surface area contributed by atoms with Gasteiger partial charge in [-0.05, 0) is 41.0 Å². The van der Waals surface area contributed by atoms with Crippen LogP contribution < -0.4 is 24.8 Å². The quantitative estimate of drug-likeness (QED) is 0.107. The summed E-state index contributed by atoms with van der Waals surface area (Å²) in [5.41, 5.74) is 16.6. The van der Waals surface area contributed by atoms with Crippen LogP contribution in [0.5, 0.6) is 0 Å². The first-order valence-corrected chi connectivity index (χ1v) is 23.7. The molecule has 2 atom stereocenters. The van der Waals surface area contributed by atoms with Crippen molar-refractivity contribution in [3.05, 3.63) is 200 Å². The average Bonchev–Trinajstić information content (AvgIpc) is 3.93. The predicted octanol–water partition coefficient (Wildman–Crippen LogP) is 10.2. The van der Waals surface area contributed by atoms with E-state index in [4.69, 9.17) is 0 Å². The molecule has 0 aromatic heterocycles. The minimum absolute atomic E-state index is 0. The first kappa shape index (κ1) is 49.7. The van der Waals surface area contributed by atoms with E-state index in [1.54, 1.807) is 3.21 Å². The first-order chi connectivity index (χ1) is 28.2. The van der Waals surface area contributed by atoms with Crippen LogP contribution in [0.3, 0.4) is 0 Å². The summed E-state index contributed by atoms with van der Waals surface area (Å²) in [6.45, 7) is 9.36. The van der Waals surface area contributed by atoms with Gasteiger partial charge in [0.05, 0.1) is 0 Å². The molecule has 6 aromatic rings. The minimum Gasteiger partial charge on any atom is -1.00 e. The van der Waals surface area contributed by atoms with Crippen LogP contribution in [-0.4, -0.2) is 3.21 Å². The Balaban J connectivity index is 0.000000265. The van der Waals surface area contributed by atoms with Crippen LogP contribution in [0.25, 0.3) is 33.4 Å². The van der Waals surface area contributed by atoms with Crippen molar-refractivity contribution in [3.8, 4) is 33.4 Å². The van der Waals surface area contributed by atoms with E-state index in [0.717, 1.165) is 34.6 Å². The molecule has 0 aliphatic heterocycles. The second-order valence-electron chi connectivity index (χ2n) is 15.6. The van der Waals surface area contributed by atoms with Crippen molar-refractivity contribution in [1.82, 2.24) is 0 Å². The Morgan fingerprint density at radius 1 is 0.633 bits per heavy atom. The fraction of sp³-hybridized carbons (Fsp3) is 0.255. The monoisotopic (exact) mass is 1030 g/mol. The Morgan fingerprint density at radius 3 is 1.68 bits per heavy atom. The molecule has 60 heavy (non-hydrogen) atoms. The molecule has 0 fully saturated rings. The zero-order valence-electron chi connectivity index (χ0n) is 35.2. The maximum absolute atomic E-state index is 3.93. The molecular formula is C55H54Br2Cl2Zr-2. The summed E-state index contributed by atoms with van der Waals surface area (Å²) in [4.78, 5) is 0. The summed E-state index contributed by atoms with van der Waals surface area (Å²) in [7, 11) is 0. The SMILES string of the molecule is Brc1cccc(C[C](=[Zr+2])Cc2cccc(Br)c2)c1.CCCC(C)c1cc2c([c-]c1-c1ccccc1)Cc1cc(-c3ccccc3)c(C(C)CCC)cc1-2.[C-]1=CC=CC1.[Cl-].[Cl-]. The van der Waals surface area contributed by atoms with Gasteiger partial charge in [0.25, 0.3) is 0 Å². The molecule has 0 radical (unpaired) electrons. The number of fused-ring (bicyclic) bond motifs is 3. The number of allylic oxidation sites excluding steroid dienone is 4. The van der Waals surface area contributed by atoms with Gasteiger partial charge in [-0.25, -0.2) is 12.2 Å². The molecule has 2 unspecified atom stereocenters. The molecule has 0 nitrogen and oxygen atoms in total. The Hall–Kier alpha value is -2.91. The molecule has 5 heteroatoms. The van der Waals surface area contributed by atoms with Crippen LogP contribution in [0, 0.1) is 12.1 Å². The van der Waals surface area contributed by atoms with Crippen molar-refractivity contribution in [3.63, 3.8) is 0 Å². The van der Waals surface area contributed by atoms with E-state index in [2.05, 4.69) is 205 Å². The minimum atomic E-state index is 0. The third-order valence-corrected chi connectivity index (χ3v) is 12.8. The molecule has 0 saturated carbocycles. The molecule has 2 aliphatic rings. The van der Waals surface area contributed by atoms with Crippen LogP contribution in [0.1, 0.15) is 105 Å². The fourth-order valence-electron chi connectivity index (χ4n) is 8.11. The average molecular weight is 1040 g/mol. The van der Waals surface area contributed by atoms with Crippen molar-refractivity contribution in [2.75, 3.05) is 0 Å². The van der Waals surface area contributed by atoms with Gasteiger partial charge in [-0.3, -0.25) is 6.08 Å². The molecule has 8 rings (SSSR count). The van der Waals surface area contributed by atoms with Crippen LogP contribution in [0.2, 0.25) is 0 Å². The van der Waals surface area contributed by atoms with E-state index in [-0.39, 0.29) is 24.8 Å². The van der Waals surface area contributed by atoms with E-state index in [1.807, 2.05) is 12.2 Å². The molecular weight excluding hydrogens is 983 g/mol. The summed E-state index contributed by atoms with van der Waals surface area (Å²) in [5, 5.41) is 0. The van der Waals surface area contributed by atoms with E-state index >= 15 is 0 Å². The van der Waals surface area contributed by atoms with Gasteiger partial charge in [-0.1, -0.05) is 142 Å². The van der Waals surface area contributed by atoms with E-state index < -0.39 is 0 Å². The molecule has 0 amide bonds. The first-order valence-electron chi connectivity index (χ1n) is 20.9. The molecule has 0 saturated heterocycles. The number of benzene rings is 6. The van der Waals surface area contributed by atoms with Crippen LogP contribution in [0.15, 0.2) is 155 Å². The maximum Gasteiger partial charge on any atom is -0.0147 e. The Morgan fingerprint density at radius 2 is 1.18 bits per heavy atom. The summed E-state index contributed by atoms with van der Waals surface area (Å²) in [6, 6.07) is 50.4. The van der Waals surface area contributed by atoms with Gasteiger partial charge in [0.2, 0.25) is 0 Å². The van der Waals surface area contributed by atoms with E-state index in [1.165, 1.54) is 117 Å². The molecule has 0 bridgehead atoms. The van der Waals surface area contributed by atoms with Crippen LogP contribution >= 0.6 is 31.9 Å².